The van der Waals surface area contributed by atoms with Crippen molar-refractivity contribution in [2.75, 3.05) is 19.1 Å². The number of nitrogens with zero attached hydrogens (tertiary/aromatic N) is 2. The van der Waals surface area contributed by atoms with E-state index in [2.05, 4.69) is 4.98 Å². The number of halogens is 2. The van der Waals surface area contributed by atoms with Crippen LogP contribution in [0.2, 0.25) is 0 Å². The van der Waals surface area contributed by atoms with Crippen LogP contribution in [0, 0.1) is 0 Å². The van der Waals surface area contributed by atoms with Crippen LogP contribution in [0.1, 0.15) is 50.9 Å². The lowest BCUT2D eigenvalue weighted by Gasteiger charge is -2.32. The fraction of sp³-hybridized carbons (Fsp3) is 0.393. The highest BCUT2D eigenvalue weighted by molar-refractivity contribution is 6.62. The molecule has 2 aromatic carbocycles. The maximum absolute atomic E-state index is 14.0. The number of ether oxygens (including phenoxy) is 2. The van der Waals surface area contributed by atoms with Gasteiger partial charge in [0.25, 0.3) is 6.43 Å². The third-order valence-corrected chi connectivity index (χ3v) is 6.99. The number of hydrogen-bond donors (Lipinski definition) is 0. The van der Waals surface area contributed by atoms with Crippen LogP contribution >= 0.6 is 0 Å². The first kappa shape index (κ1) is 26.9. The average molecular weight is 510 g/mol. The van der Waals surface area contributed by atoms with Gasteiger partial charge in [-0.3, -0.25) is 0 Å². The van der Waals surface area contributed by atoms with E-state index < -0.39 is 24.7 Å². The Bertz CT molecular complexity index is 1140. The van der Waals surface area contributed by atoms with Gasteiger partial charge >= 0.3 is 7.12 Å². The summed E-state index contributed by atoms with van der Waals surface area (Å²) in [6, 6.07) is 18.4. The van der Waals surface area contributed by atoms with Crippen molar-refractivity contribution < 1.29 is 27.6 Å². The molecule has 196 valence electrons. The number of alkyl halides is 2. The Morgan fingerprint density at radius 3 is 1.68 bits per heavy atom. The molecule has 1 aliphatic rings. The fourth-order valence-electron chi connectivity index (χ4n) is 4.07. The van der Waals surface area contributed by atoms with Gasteiger partial charge in [0.1, 0.15) is 23.0 Å². The van der Waals surface area contributed by atoms with Gasteiger partial charge in [0, 0.05) is 13.1 Å². The summed E-state index contributed by atoms with van der Waals surface area (Å²) in [5.41, 5.74) is 0.951. The summed E-state index contributed by atoms with van der Waals surface area (Å²) < 4.78 is 50.9. The topological polar surface area (TPSA) is 53.1 Å². The molecular formula is C28H33BF2N2O4. The third kappa shape index (κ3) is 6.05. The smallest absolute Gasteiger partial charge is 0.495 e. The van der Waals surface area contributed by atoms with Crippen LogP contribution < -0.4 is 19.8 Å². The zero-order valence-electron chi connectivity index (χ0n) is 22.1. The fourth-order valence-corrected chi connectivity index (χ4v) is 4.07. The van der Waals surface area contributed by atoms with Crippen LogP contribution in [0.25, 0.3) is 0 Å². The van der Waals surface area contributed by atoms with Crippen molar-refractivity contribution in [3.63, 3.8) is 0 Å². The number of methoxy groups -OCH3 is 2. The van der Waals surface area contributed by atoms with Crippen molar-refractivity contribution in [3.05, 3.63) is 77.5 Å². The molecule has 0 spiro atoms. The van der Waals surface area contributed by atoms with Crippen LogP contribution in [0.15, 0.2) is 60.7 Å². The van der Waals surface area contributed by atoms with Crippen LogP contribution in [-0.4, -0.2) is 37.5 Å². The van der Waals surface area contributed by atoms with Gasteiger partial charge < -0.3 is 23.7 Å². The molecule has 0 atom stereocenters. The number of pyridine rings is 1. The Morgan fingerprint density at radius 2 is 1.27 bits per heavy atom. The first-order valence-corrected chi connectivity index (χ1v) is 12.2. The van der Waals surface area contributed by atoms with E-state index in [9.17, 15) is 8.78 Å². The predicted octanol–water partition coefficient (Wildman–Crippen LogP) is 5.54. The van der Waals surface area contributed by atoms with Gasteiger partial charge in [-0.1, -0.05) is 24.3 Å². The van der Waals surface area contributed by atoms with Gasteiger partial charge in [0.15, 0.2) is 0 Å². The van der Waals surface area contributed by atoms with Crippen molar-refractivity contribution >= 4 is 18.4 Å². The molecule has 9 heteroatoms. The maximum atomic E-state index is 14.0. The molecule has 37 heavy (non-hydrogen) atoms. The number of hydrogen-bond acceptors (Lipinski definition) is 6. The summed E-state index contributed by atoms with van der Waals surface area (Å²) in [4.78, 5) is 6.32. The molecule has 0 aliphatic carbocycles. The Kier molecular flexibility index (Phi) is 7.76. The number of aromatic nitrogens is 1. The minimum Gasteiger partial charge on any atom is -0.497 e. The zero-order valence-corrected chi connectivity index (χ0v) is 22.1. The molecule has 4 rings (SSSR count). The predicted molar refractivity (Wildman–Crippen MR) is 141 cm³/mol. The van der Waals surface area contributed by atoms with Gasteiger partial charge in [0.05, 0.1) is 25.4 Å². The lowest BCUT2D eigenvalue weighted by Crippen LogP contribution is -2.41. The second kappa shape index (κ2) is 10.7. The number of rotatable bonds is 9. The van der Waals surface area contributed by atoms with Gasteiger partial charge in [-0.2, -0.15) is 0 Å². The summed E-state index contributed by atoms with van der Waals surface area (Å²) in [6.07, 6.45) is -2.75. The Balaban J connectivity index is 1.73. The second-order valence-electron chi connectivity index (χ2n) is 10.1. The molecule has 1 fully saturated rings. The monoisotopic (exact) mass is 510 g/mol. The standard InChI is InChI=1S/C28H33BF2N2O4/c1-27(2)28(3,4)37-29(36-27)21-15-24(26(30)31)32-25(16-21)33(17-19-7-11-22(34-5)12-8-19)18-20-9-13-23(35-6)14-10-20/h7-16,26H,17-18H2,1-6H3. The Hall–Kier alpha value is -3.17. The molecular weight excluding hydrogens is 477 g/mol. The van der Waals surface area contributed by atoms with Crippen molar-refractivity contribution in [2.45, 2.75) is 58.4 Å². The highest BCUT2D eigenvalue weighted by Gasteiger charge is 2.52. The summed E-state index contributed by atoms with van der Waals surface area (Å²) in [7, 11) is 2.44. The average Bonchev–Trinajstić information content (AvgIpc) is 3.10. The van der Waals surface area contributed by atoms with Crippen LogP contribution in [0.5, 0.6) is 11.5 Å². The SMILES string of the molecule is COc1ccc(CN(Cc2ccc(OC)cc2)c2cc(B3OC(C)(C)C(C)(C)O3)cc(C(F)F)n2)cc1. The van der Waals surface area contributed by atoms with E-state index >= 15 is 0 Å². The van der Waals surface area contributed by atoms with E-state index in [0.29, 0.717) is 24.4 Å². The zero-order chi connectivity index (χ0) is 26.8. The lowest BCUT2D eigenvalue weighted by atomic mass is 9.79. The van der Waals surface area contributed by atoms with Crippen LogP contribution in [0.3, 0.4) is 0 Å². The highest BCUT2D eigenvalue weighted by Crippen LogP contribution is 2.37. The summed E-state index contributed by atoms with van der Waals surface area (Å²) in [5, 5.41) is 0. The quantitative estimate of drug-likeness (QED) is 0.353. The van der Waals surface area contributed by atoms with Gasteiger partial charge in [0.2, 0.25) is 0 Å². The second-order valence-corrected chi connectivity index (χ2v) is 10.1. The molecule has 1 aliphatic heterocycles. The summed E-state index contributed by atoms with van der Waals surface area (Å²) in [6.45, 7) is 8.62. The van der Waals surface area contributed by atoms with Crippen molar-refractivity contribution in [1.29, 1.82) is 0 Å². The van der Waals surface area contributed by atoms with E-state index in [0.717, 1.165) is 22.6 Å². The minimum atomic E-state index is -2.75. The molecule has 1 saturated heterocycles. The van der Waals surface area contributed by atoms with E-state index in [1.807, 2.05) is 81.1 Å². The molecule has 1 aromatic heterocycles. The Morgan fingerprint density at radius 1 is 0.811 bits per heavy atom. The van der Waals surface area contributed by atoms with Gasteiger partial charge in [-0.15, -0.1) is 0 Å². The molecule has 0 N–H and O–H groups in total. The van der Waals surface area contributed by atoms with Crippen LogP contribution in [0.4, 0.5) is 14.6 Å². The summed E-state index contributed by atoms with van der Waals surface area (Å²) >= 11 is 0. The number of anilines is 1. The van der Waals surface area contributed by atoms with Gasteiger partial charge in [-0.25, -0.2) is 13.8 Å². The van der Waals surface area contributed by atoms with E-state index in [1.165, 1.54) is 6.07 Å². The molecule has 3 aromatic rings. The molecule has 0 bridgehead atoms. The van der Waals surface area contributed by atoms with E-state index in [-0.39, 0.29) is 5.69 Å². The van der Waals surface area contributed by atoms with Gasteiger partial charge in [-0.05, 0) is 80.7 Å². The van der Waals surface area contributed by atoms with Crippen molar-refractivity contribution in [3.8, 4) is 11.5 Å². The molecule has 2 heterocycles. The van der Waals surface area contributed by atoms with Crippen molar-refractivity contribution in [2.24, 2.45) is 0 Å². The highest BCUT2D eigenvalue weighted by atomic mass is 19.3. The van der Waals surface area contributed by atoms with Crippen LogP contribution in [-0.2, 0) is 22.4 Å². The molecule has 0 amide bonds. The molecule has 0 unspecified atom stereocenters. The molecule has 0 saturated carbocycles. The number of benzene rings is 2. The van der Waals surface area contributed by atoms with E-state index in [4.69, 9.17) is 18.8 Å². The Labute approximate surface area is 217 Å². The third-order valence-electron chi connectivity index (χ3n) is 6.99. The largest absolute Gasteiger partial charge is 0.497 e. The first-order valence-electron chi connectivity index (χ1n) is 12.2. The minimum absolute atomic E-state index is 0.323. The first-order chi connectivity index (χ1) is 17.5. The molecule has 6 nitrogen and oxygen atoms in total. The lowest BCUT2D eigenvalue weighted by molar-refractivity contribution is 0.00578. The normalized spacial score (nSPS) is 16.2. The maximum Gasteiger partial charge on any atom is 0.495 e. The van der Waals surface area contributed by atoms with E-state index in [1.54, 1.807) is 20.3 Å². The molecule has 0 radical (unpaired) electrons. The summed E-state index contributed by atoms with van der Waals surface area (Å²) in [5.74, 6) is 1.90. The van der Waals surface area contributed by atoms with Crippen molar-refractivity contribution in [1.82, 2.24) is 4.98 Å².